The first-order valence-electron chi connectivity index (χ1n) is 12.4. The van der Waals surface area contributed by atoms with Crippen LogP contribution in [0.2, 0.25) is 0 Å². The molecule has 2 fully saturated rings. The number of benzene rings is 2. The minimum Gasteiger partial charge on any atom is -0.353 e. The Morgan fingerprint density at radius 3 is 2.24 bits per heavy atom. The van der Waals surface area contributed by atoms with Crippen LogP contribution in [0.25, 0.3) is 11.1 Å². The highest BCUT2D eigenvalue weighted by Crippen LogP contribution is 2.23. The highest BCUT2D eigenvalue weighted by atomic mass is 16.2. The van der Waals surface area contributed by atoms with Crippen molar-refractivity contribution in [1.29, 1.82) is 0 Å². The van der Waals surface area contributed by atoms with Crippen LogP contribution in [0.1, 0.15) is 31.2 Å². The van der Waals surface area contributed by atoms with E-state index in [0.717, 1.165) is 63.0 Å². The number of anilines is 1. The molecule has 3 aromatic rings. The van der Waals surface area contributed by atoms with Crippen molar-refractivity contribution in [2.75, 3.05) is 31.1 Å². The minimum atomic E-state index is -0.00602. The number of hydrogen-bond donors (Lipinski definition) is 1. The first-order chi connectivity index (χ1) is 16.7. The zero-order chi connectivity index (χ0) is 23.2. The topological polar surface area (TPSA) is 61.4 Å². The van der Waals surface area contributed by atoms with E-state index in [1.807, 2.05) is 30.6 Å². The van der Waals surface area contributed by atoms with Gasteiger partial charge in [-0.05, 0) is 36.8 Å². The normalized spacial score (nSPS) is 19.6. The van der Waals surface area contributed by atoms with Gasteiger partial charge in [0.2, 0.25) is 11.9 Å². The lowest BCUT2D eigenvalue weighted by atomic mass is 9.96. The lowest BCUT2D eigenvalue weighted by Crippen LogP contribution is -2.49. The summed E-state index contributed by atoms with van der Waals surface area (Å²) in [6, 6.07) is 21.1. The van der Waals surface area contributed by atoms with Crippen LogP contribution in [-0.4, -0.2) is 53.0 Å². The number of nitrogens with one attached hydrogen (secondary N) is 1. The molecule has 0 aliphatic carbocycles. The number of hydrogen-bond acceptors (Lipinski definition) is 5. The maximum atomic E-state index is 13.1. The van der Waals surface area contributed by atoms with Gasteiger partial charge in [0.25, 0.3) is 0 Å². The van der Waals surface area contributed by atoms with Crippen LogP contribution in [0.3, 0.4) is 0 Å². The number of piperidine rings is 2. The Balaban J connectivity index is 1.11. The molecular weight excluding hydrogens is 422 g/mol. The molecule has 2 saturated heterocycles. The largest absolute Gasteiger partial charge is 0.353 e. The summed E-state index contributed by atoms with van der Waals surface area (Å²) in [7, 11) is 0. The van der Waals surface area contributed by atoms with E-state index < -0.39 is 0 Å². The van der Waals surface area contributed by atoms with Crippen LogP contribution >= 0.6 is 0 Å². The van der Waals surface area contributed by atoms with Gasteiger partial charge in [0.05, 0.1) is 5.92 Å². The zero-order valence-electron chi connectivity index (χ0n) is 19.6. The van der Waals surface area contributed by atoms with E-state index in [4.69, 9.17) is 0 Å². The number of nitrogens with zero attached hydrogens (tertiary/aromatic N) is 4. The van der Waals surface area contributed by atoms with E-state index in [0.29, 0.717) is 12.5 Å². The van der Waals surface area contributed by atoms with Crippen LogP contribution in [0, 0.1) is 5.92 Å². The SMILES string of the molecule is O=C(NC1CCN(Cc2ccccc2)CC1)[C@H]1CCCN(c2ncc(-c3ccccc3)cn2)C1. The Bertz CT molecular complexity index is 1050. The second kappa shape index (κ2) is 10.8. The van der Waals surface area contributed by atoms with Gasteiger partial charge in [-0.15, -0.1) is 0 Å². The predicted molar refractivity (Wildman–Crippen MR) is 135 cm³/mol. The standard InChI is InChI=1S/C28H33N5O/c34-27(31-26-13-16-32(17-14-26)20-22-8-3-1-4-9-22)24-12-7-15-33(21-24)28-29-18-25(19-30-28)23-10-5-2-6-11-23/h1-6,8-11,18-19,24,26H,7,12-17,20-21H2,(H,31,34)/t24-/m0/s1. The zero-order valence-corrected chi connectivity index (χ0v) is 19.6. The summed E-state index contributed by atoms with van der Waals surface area (Å²) in [6.07, 6.45) is 7.70. The molecule has 0 spiro atoms. The van der Waals surface area contributed by atoms with Crippen LogP contribution in [0.5, 0.6) is 0 Å². The monoisotopic (exact) mass is 455 g/mol. The van der Waals surface area contributed by atoms with Crippen molar-refractivity contribution in [2.24, 2.45) is 5.92 Å². The second-order valence-electron chi connectivity index (χ2n) is 9.47. The first-order valence-corrected chi connectivity index (χ1v) is 12.4. The van der Waals surface area contributed by atoms with Crippen LogP contribution in [0.4, 0.5) is 5.95 Å². The molecule has 0 saturated carbocycles. The summed E-state index contributed by atoms with van der Waals surface area (Å²) in [6.45, 7) is 4.62. The Morgan fingerprint density at radius 2 is 1.53 bits per heavy atom. The summed E-state index contributed by atoms with van der Waals surface area (Å²) in [5.74, 6) is 0.895. The van der Waals surface area contributed by atoms with Gasteiger partial charge in [0, 0.05) is 56.7 Å². The van der Waals surface area contributed by atoms with Crippen molar-refractivity contribution >= 4 is 11.9 Å². The lowest BCUT2D eigenvalue weighted by Gasteiger charge is -2.35. The summed E-state index contributed by atoms with van der Waals surface area (Å²) in [5, 5.41) is 3.34. The molecule has 2 aliphatic heterocycles. The fourth-order valence-corrected chi connectivity index (χ4v) is 5.03. The molecule has 1 aromatic heterocycles. The molecule has 3 heterocycles. The molecule has 6 nitrogen and oxygen atoms in total. The number of amides is 1. The molecule has 1 N–H and O–H groups in total. The van der Waals surface area contributed by atoms with E-state index in [1.54, 1.807) is 0 Å². The van der Waals surface area contributed by atoms with Crippen molar-refractivity contribution in [3.8, 4) is 11.1 Å². The quantitative estimate of drug-likeness (QED) is 0.605. The molecule has 2 aliphatic rings. The molecule has 6 heteroatoms. The summed E-state index contributed by atoms with van der Waals surface area (Å²) in [4.78, 5) is 26.9. The average Bonchev–Trinajstić information content (AvgIpc) is 2.91. The van der Waals surface area contributed by atoms with Gasteiger partial charge in [0.1, 0.15) is 0 Å². The molecule has 2 aromatic carbocycles. The Labute approximate surface area is 202 Å². The predicted octanol–water partition coefficient (Wildman–Crippen LogP) is 4.14. The maximum absolute atomic E-state index is 13.1. The van der Waals surface area contributed by atoms with Crippen LogP contribution < -0.4 is 10.2 Å². The Hall–Kier alpha value is -3.25. The molecule has 1 atom stereocenters. The Morgan fingerprint density at radius 1 is 0.853 bits per heavy atom. The molecule has 1 amide bonds. The van der Waals surface area contributed by atoms with Gasteiger partial charge in [-0.25, -0.2) is 9.97 Å². The highest BCUT2D eigenvalue weighted by Gasteiger charge is 2.29. The molecular formula is C28H33N5O. The second-order valence-corrected chi connectivity index (χ2v) is 9.47. The molecule has 34 heavy (non-hydrogen) atoms. The van der Waals surface area contributed by atoms with E-state index >= 15 is 0 Å². The number of rotatable bonds is 6. The van der Waals surface area contributed by atoms with Gasteiger partial charge in [-0.2, -0.15) is 0 Å². The smallest absolute Gasteiger partial charge is 0.225 e. The Kier molecular flexibility index (Phi) is 7.15. The van der Waals surface area contributed by atoms with Gasteiger partial charge in [-0.1, -0.05) is 60.7 Å². The third kappa shape index (κ3) is 5.62. The molecule has 0 unspecified atom stereocenters. The first kappa shape index (κ1) is 22.5. The van der Waals surface area contributed by atoms with Gasteiger partial charge < -0.3 is 10.2 Å². The van der Waals surface area contributed by atoms with Crippen molar-refractivity contribution in [3.05, 3.63) is 78.6 Å². The molecule has 0 radical (unpaired) electrons. The van der Waals surface area contributed by atoms with E-state index in [2.05, 4.69) is 67.5 Å². The number of carbonyl (C=O) groups is 1. The van der Waals surface area contributed by atoms with Gasteiger partial charge in [0.15, 0.2) is 0 Å². The highest BCUT2D eigenvalue weighted by molar-refractivity contribution is 5.79. The van der Waals surface area contributed by atoms with Crippen molar-refractivity contribution in [2.45, 2.75) is 38.3 Å². The average molecular weight is 456 g/mol. The summed E-state index contributed by atoms with van der Waals surface area (Å²) < 4.78 is 0. The number of likely N-dealkylation sites (tertiary alicyclic amines) is 1. The van der Waals surface area contributed by atoms with Gasteiger partial charge in [-0.3, -0.25) is 9.69 Å². The fraction of sp³-hybridized carbons (Fsp3) is 0.393. The minimum absolute atomic E-state index is 0.00602. The third-order valence-electron chi connectivity index (χ3n) is 7.00. The number of carbonyl (C=O) groups excluding carboxylic acids is 1. The number of aromatic nitrogens is 2. The fourth-order valence-electron chi connectivity index (χ4n) is 5.03. The summed E-state index contributed by atoms with van der Waals surface area (Å²) in [5.41, 5.74) is 3.47. The van der Waals surface area contributed by atoms with Crippen molar-refractivity contribution < 1.29 is 4.79 Å². The van der Waals surface area contributed by atoms with Crippen LogP contribution in [-0.2, 0) is 11.3 Å². The van der Waals surface area contributed by atoms with Crippen molar-refractivity contribution in [3.63, 3.8) is 0 Å². The van der Waals surface area contributed by atoms with Crippen molar-refractivity contribution in [1.82, 2.24) is 20.2 Å². The van der Waals surface area contributed by atoms with E-state index in [1.165, 1.54) is 5.56 Å². The molecule has 176 valence electrons. The van der Waals surface area contributed by atoms with E-state index in [9.17, 15) is 4.79 Å². The van der Waals surface area contributed by atoms with E-state index in [-0.39, 0.29) is 17.9 Å². The molecule has 5 rings (SSSR count). The van der Waals surface area contributed by atoms with Crippen LogP contribution in [0.15, 0.2) is 73.1 Å². The maximum Gasteiger partial charge on any atom is 0.225 e. The lowest BCUT2D eigenvalue weighted by molar-refractivity contribution is -0.126. The molecule has 0 bridgehead atoms. The van der Waals surface area contributed by atoms with Gasteiger partial charge >= 0.3 is 0 Å². The summed E-state index contributed by atoms with van der Waals surface area (Å²) >= 11 is 0. The third-order valence-corrected chi connectivity index (χ3v) is 7.00.